The highest BCUT2D eigenvalue weighted by molar-refractivity contribution is 6.37. The van der Waals surface area contributed by atoms with Crippen LogP contribution in [0.2, 0.25) is 15.1 Å². The molecule has 0 radical (unpaired) electrons. The van der Waals surface area contributed by atoms with E-state index in [1.807, 2.05) is 0 Å². The summed E-state index contributed by atoms with van der Waals surface area (Å²) in [5, 5.41) is 14.3. The molecule has 2 aromatic carbocycles. The fourth-order valence-corrected chi connectivity index (χ4v) is 3.74. The molecule has 0 bridgehead atoms. The maximum Gasteiger partial charge on any atom is 0.329 e. The van der Waals surface area contributed by atoms with Crippen molar-refractivity contribution in [3.8, 4) is 11.3 Å². The molecule has 0 spiro atoms. The second-order valence-electron chi connectivity index (χ2n) is 6.75. The maximum atomic E-state index is 12.7. The van der Waals surface area contributed by atoms with Gasteiger partial charge >= 0.3 is 6.03 Å². The molecule has 2 heterocycles. The fourth-order valence-electron chi connectivity index (χ4n) is 3.07. The molecule has 1 aromatic heterocycles. The van der Waals surface area contributed by atoms with Crippen molar-refractivity contribution in [2.45, 2.75) is 6.54 Å². The van der Waals surface area contributed by atoms with E-state index < -0.39 is 16.9 Å². The lowest BCUT2D eigenvalue weighted by Crippen LogP contribution is -2.30. The van der Waals surface area contributed by atoms with Crippen LogP contribution >= 0.6 is 34.8 Å². The first-order valence-corrected chi connectivity index (χ1v) is 10.2. The van der Waals surface area contributed by atoms with Crippen LogP contribution in [-0.4, -0.2) is 21.8 Å². The number of hydrogen-bond donors (Lipinski definition) is 1. The van der Waals surface area contributed by atoms with Gasteiger partial charge in [0.1, 0.15) is 22.2 Å². The molecule has 1 aliphatic heterocycles. The summed E-state index contributed by atoms with van der Waals surface area (Å²) in [7, 11) is 0. The molecule has 1 fully saturated rings. The van der Waals surface area contributed by atoms with Crippen LogP contribution in [0.1, 0.15) is 11.3 Å². The Hall–Kier alpha value is -3.33. The highest BCUT2D eigenvalue weighted by Crippen LogP contribution is 2.37. The van der Waals surface area contributed by atoms with Crippen LogP contribution in [0.4, 0.5) is 10.5 Å². The first-order valence-electron chi connectivity index (χ1n) is 9.05. The number of nitrogens with one attached hydrogen (secondary N) is 1. The highest BCUT2D eigenvalue weighted by atomic mass is 35.5. The molecule has 1 aliphatic rings. The van der Waals surface area contributed by atoms with Crippen molar-refractivity contribution >= 4 is 58.5 Å². The van der Waals surface area contributed by atoms with Gasteiger partial charge < -0.3 is 9.73 Å². The van der Waals surface area contributed by atoms with Crippen LogP contribution < -0.4 is 5.32 Å². The van der Waals surface area contributed by atoms with E-state index in [-0.39, 0.29) is 45.1 Å². The molecular formula is C21H12Cl3N3O5. The number of furan rings is 1. The van der Waals surface area contributed by atoms with Gasteiger partial charge in [-0.1, -0.05) is 46.9 Å². The monoisotopic (exact) mass is 491 g/mol. The van der Waals surface area contributed by atoms with Crippen LogP contribution in [0.25, 0.3) is 17.4 Å². The normalized spacial score (nSPS) is 14.8. The van der Waals surface area contributed by atoms with Gasteiger partial charge in [0.05, 0.1) is 16.5 Å². The lowest BCUT2D eigenvalue weighted by molar-refractivity contribution is -0.384. The number of nitro benzene ring substituents is 1. The summed E-state index contributed by atoms with van der Waals surface area (Å²) < 4.78 is 5.67. The second kappa shape index (κ2) is 8.66. The fraction of sp³-hybridized carbons (Fsp3) is 0.0476. The largest absolute Gasteiger partial charge is 0.457 e. The number of amides is 3. The van der Waals surface area contributed by atoms with E-state index >= 15 is 0 Å². The van der Waals surface area contributed by atoms with Gasteiger partial charge in [-0.25, -0.2) is 4.79 Å². The zero-order valence-electron chi connectivity index (χ0n) is 16.0. The summed E-state index contributed by atoms with van der Waals surface area (Å²) in [6.07, 6.45) is 1.36. The molecule has 11 heteroatoms. The molecule has 3 aromatic rings. The molecule has 8 nitrogen and oxygen atoms in total. The molecule has 4 rings (SSSR count). The molecule has 0 unspecified atom stereocenters. The molecular weight excluding hydrogens is 481 g/mol. The third-order valence-corrected chi connectivity index (χ3v) is 5.50. The predicted octanol–water partition coefficient (Wildman–Crippen LogP) is 5.91. The summed E-state index contributed by atoms with van der Waals surface area (Å²) >= 11 is 17.9. The number of halogens is 3. The van der Waals surface area contributed by atoms with E-state index in [0.717, 1.165) is 10.5 Å². The first kappa shape index (κ1) is 21.9. The van der Waals surface area contributed by atoms with Gasteiger partial charge in [-0.2, -0.15) is 0 Å². The molecule has 1 saturated heterocycles. The Kier molecular flexibility index (Phi) is 5.92. The second-order valence-corrected chi connectivity index (χ2v) is 8.00. The summed E-state index contributed by atoms with van der Waals surface area (Å²) in [5.74, 6) is -0.0508. The van der Waals surface area contributed by atoms with Crippen molar-refractivity contribution in [1.82, 2.24) is 10.2 Å². The van der Waals surface area contributed by atoms with Crippen molar-refractivity contribution in [1.29, 1.82) is 0 Å². The van der Waals surface area contributed by atoms with Crippen molar-refractivity contribution in [2.24, 2.45) is 0 Å². The third kappa shape index (κ3) is 4.34. The maximum absolute atomic E-state index is 12.7. The number of nitro groups is 1. The summed E-state index contributed by atoms with van der Waals surface area (Å²) in [5.41, 5.74) is 0.702. The number of imide groups is 1. The summed E-state index contributed by atoms with van der Waals surface area (Å²) in [6.45, 7) is 0.0760. The van der Waals surface area contributed by atoms with Crippen molar-refractivity contribution in [3.63, 3.8) is 0 Å². The van der Waals surface area contributed by atoms with Crippen molar-refractivity contribution in [2.75, 3.05) is 0 Å². The van der Waals surface area contributed by atoms with E-state index in [2.05, 4.69) is 5.32 Å². The number of carbonyl (C=O) groups excluding carboxylic acids is 2. The Labute approximate surface area is 196 Å². The van der Waals surface area contributed by atoms with E-state index in [1.165, 1.54) is 24.3 Å². The van der Waals surface area contributed by atoms with Gasteiger partial charge in [-0.05, 0) is 35.9 Å². The quantitative estimate of drug-likeness (QED) is 0.206. The zero-order valence-corrected chi connectivity index (χ0v) is 18.2. The Morgan fingerprint density at radius 3 is 2.44 bits per heavy atom. The van der Waals surface area contributed by atoms with Crippen LogP contribution in [0, 0.1) is 10.1 Å². The predicted molar refractivity (Wildman–Crippen MR) is 119 cm³/mol. The number of hydrogen-bond acceptors (Lipinski definition) is 5. The average molecular weight is 493 g/mol. The minimum absolute atomic E-state index is 0.0260. The Morgan fingerprint density at radius 1 is 1.03 bits per heavy atom. The van der Waals surface area contributed by atoms with Gasteiger partial charge in [-0.15, -0.1) is 0 Å². The molecule has 162 valence electrons. The Bertz CT molecular complexity index is 1280. The van der Waals surface area contributed by atoms with Crippen LogP contribution in [0.3, 0.4) is 0 Å². The molecule has 3 amide bonds. The smallest absolute Gasteiger partial charge is 0.329 e. The van der Waals surface area contributed by atoms with Crippen LogP contribution in [-0.2, 0) is 11.3 Å². The van der Waals surface area contributed by atoms with Gasteiger partial charge in [0.15, 0.2) is 0 Å². The number of benzene rings is 2. The highest BCUT2D eigenvalue weighted by Gasteiger charge is 2.33. The van der Waals surface area contributed by atoms with Crippen LogP contribution in [0.5, 0.6) is 0 Å². The van der Waals surface area contributed by atoms with Crippen molar-refractivity contribution in [3.05, 3.63) is 90.7 Å². The lowest BCUT2D eigenvalue weighted by atomic mass is 10.1. The van der Waals surface area contributed by atoms with Crippen LogP contribution in [0.15, 0.2) is 58.6 Å². The topological polar surface area (TPSA) is 106 Å². The van der Waals surface area contributed by atoms with Crippen molar-refractivity contribution < 1.29 is 18.9 Å². The molecule has 0 aliphatic carbocycles. The van der Waals surface area contributed by atoms with E-state index in [9.17, 15) is 19.7 Å². The minimum atomic E-state index is -0.629. The summed E-state index contributed by atoms with van der Waals surface area (Å²) in [6, 6.07) is 11.8. The van der Waals surface area contributed by atoms with E-state index in [1.54, 1.807) is 30.3 Å². The number of urea groups is 1. The standard InChI is InChI=1S/C21H12Cl3N3O5/c22-12-3-1-11(2-4-12)10-26-20(28)17(25-21(26)29)7-13-5-6-19(32-13)14-8-18(27(30)31)16(24)9-15(14)23/h1-9H,10H2,(H,25,29)/b17-7-. The zero-order chi connectivity index (χ0) is 23.0. The molecule has 1 N–H and O–H groups in total. The average Bonchev–Trinajstić information content (AvgIpc) is 3.29. The minimum Gasteiger partial charge on any atom is -0.457 e. The molecule has 0 atom stereocenters. The SMILES string of the molecule is O=C1N/C(=C\c2ccc(-c3cc([N+](=O)[O-])c(Cl)cc3Cl)o2)C(=O)N1Cc1ccc(Cl)cc1. The summed E-state index contributed by atoms with van der Waals surface area (Å²) in [4.78, 5) is 36.5. The van der Waals surface area contributed by atoms with Gasteiger partial charge in [-0.3, -0.25) is 19.8 Å². The van der Waals surface area contributed by atoms with E-state index in [0.29, 0.717) is 5.02 Å². The number of carbonyl (C=O) groups is 2. The number of nitrogens with zero attached hydrogens (tertiary/aromatic N) is 2. The molecule has 32 heavy (non-hydrogen) atoms. The molecule has 0 saturated carbocycles. The van der Waals surface area contributed by atoms with Gasteiger partial charge in [0, 0.05) is 22.7 Å². The van der Waals surface area contributed by atoms with Gasteiger partial charge in [0.25, 0.3) is 11.6 Å². The Balaban J connectivity index is 1.58. The Morgan fingerprint density at radius 2 is 1.75 bits per heavy atom. The lowest BCUT2D eigenvalue weighted by Gasteiger charge is -2.11. The van der Waals surface area contributed by atoms with E-state index in [4.69, 9.17) is 39.2 Å². The van der Waals surface area contributed by atoms with Gasteiger partial charge in [0.2, 0.25) is 0 Å². The first-order chi connectivity index (χ1) is 15.2. The number of rotatable bonds is 5. The third-order valence-electron chi connectivity index (χ3n) is 4.63.